The van der Waals surface area contributed by atoms with E-state index < -0.39 is 23.8 Å². The number of benzene rings is 1. The summed E-state index contributed by atoms with van der Waals surface area (Å²) in [6.07, 6.45) is 0. The first kappa shape index (κ1) is 17.4. The highest BCUT2D eigenvalue weighted by molar-refractivity contribution is 6.21. The van der Waals surface area contributed by atoms with E-state index in [1.165, 1.54) is 12.1 Å². The zero-order chi connectivity index (χ0) is 19.0. The Hall–Kier alpha value is -3.42. The van der Waals surface area contributed by atoms with E-state index in [0.29, 0.717) is 16.3 Å². The van der Waals surface area contributed by atoms with E-state index in [1.807, 2.05) is 0 Å². The van der Waals surface area contributed by atoms with Crippen LogP contribution >= 0.6 is 0 Å². The summed E-state index contributed by atoms with van der Waals surface area (Å²) in [5.74, 6) is -2.94. The number of fused-ring (bicyclic) bond motifs is 1. The molecule has 0 unspecified atom stereocenters. The third-order valence-corrected chi connectivity index (χ3v) is 4.05. The molecular weight excluding hydrogens is 340 g/mol. The second-order valence-electron chi connectivity index (χ2n) is 5.67. The molecule has 0 saturated heterocycles. The van der Waals surface area contributed by atoms with Crippen molar-refractivity contribution in [3.63, 3.8) is 0 Å². The fourth-order valence-electron chi connectivity index (χ4n) is 2.84. The number of aryl methyl sites for hydroxylation is 1. The molecule has 0 bridgehead atoms. The van der Waals surface area contributed by atoms with E-state index in [9.17, 15) is 19.2 Å². The fraction of sp³-hybridized carbons (Fsp3) is 0.222. The maximum atomic E-state index is 12.5. The predicted molar refractivity (Wildman–Crippen MR) is 88.6 cm³/mol. The first-order valence-corrected chi connectivity index (χ1v) is 7.93. The fourth-order valence-corrected chi connectivity index (χ4v) is 2.84. The Morgan fingerprint density at radius 2 is 1.62 bits per heavy atom. The maximum absolute atomic E-state index is 12.5. The summed E-state index contributed by atoms with van der Waals surface area (Å²) in [5.41, 5.74) is 1.22. The largest absolute Gasteiger partial charge is 0.461 e. The Morgan fingerprint density at radius 1 is 1.04 bits per heavy atom. The van der Waals surface area contributed by atoms with Crippen LogP contribution in [-0.2, 0) is 9.57 Å². The van der Waals surface area contributed by atoms with Gasteiger partial charge in [-0.2, -0.15) is 0 Å². The van der Waals surface area contributed by atoms with Gasteiger partial charge >= 0.3 is 11.9 Å². The summed E-state index contributed by atoms with van der Waals surface area (Å²) in [6, 6.07) is 6.19. The van der Waals surface area contributed by atoms with Crippen molar-refractivity contribution in [1.82, 2.24) is 10.0 Å². The molecule has 0 saturated carbocycles. The number of aromatic nitrogens is 1. The van der Waals surface area contributed by atoms with Crippen LogP contribution in [0.5, 0.6) is 0 Å². The van der Waals surface area contributed by atoms with Gasteiger partial charge in [-0.15, -0.1) is 0 Å². The van der Waals surface area contributed by atoms with Gasteiger partial charge in [0.2, 0.25) is 0 Å². The average Bonchev–Trinajstić information content (AvgIpc) is 3.04. The van der Waals surface area contributed by atoms with Gasteiger partial charge in [-0.3, -0.25) is 9.59 Å². The molecule has 0 radical (unpaired) electrons. The summed E-state index contributed by atoms with van der Waals surface area (Å²) >= 11 is 0. The van der Waals surface area contributed by atoms with Crippen LogP contribution in [0.25, 0.3) is 0 Å². The molecule has 0 atom stereocenters. The number of hydrogen-bond donors (Lipinski definition) is 1. The van der Waals surface area contributed by atoms with Gasteiger partial charge in [0.15, 0.2) is 0 Å². The number of hydroxylamine groups is 2. The third-order valence-electron chi connectivity index (χ3n) is 4.05. The van der Waals surface area contributed by atoms with Crippen molar-refractivity contribution in [3.8, 4) is 0 Å². The zero-order valence-electron chi connectivity index (χ0n) is 14.4. The predicted octanol–water partition coefficient (Wildman–Crippen LogP) is 2.18. The lowest BCUT2D eigenvalue weighted by molar-refractivity contribution is -0.0585. The lowest BCUT2D eigenvalue weighted by Gasteiger charge is -2.13. The Bertz CT molecular complexity index is 908. The van der Waals surface area contributed by atoms with Crippen LogP contribution in [0.1, 0.15) is 59.7 Å². The molecule has 1 aliphatic heterocycles. The molecule has 8 heteroatoms. The minimum Gasteiger partial charge on any atom is -0.461 e. The number of nitrogens with zero attached hydrogens (tertiary/aromatic N) is 1. The van der Waals surface area contributed by atoms with Crippen molar-refractivity contribution in [3.05, 3.63) is 57.9 Å². The summed E-state index contributed by atoms with van der Waals surface area (Å²) in [5, 5.41) is 0.433. The van der Waals surface area contributed by atoms with Gasteiger partial charge in [0.1, 0.15) is 5.69 Å². The van der Waals surface area contributed by atoms with Crippen molar-refractivity contribution < 1.29 is 28.8 Å². The summed E-state index contributed by atoms with van der Waals surface area (Å²) < 4.78 is 4.93. The van der Waals surface area contributed by atoms with Crippen LogP contribution in [-0.4, -0.2) is 40.4 Å². The van der Waals surface area contributed by atoms with Crippen LogP contribution < -0.4 is 0 Å². The minimum atomic E-state index is -0.915. The van der Waals surface area contributed by atoms with E-state index in [4.69, 9.17) is 9.57 Å². The number of carbonyl (C=O) groups excluding carboxylic acids is 4. The number of aromatic amines is 1. The molecule has 2 heterocycles. The number of carbonyl (C=O) groups is 4. The van der Waals surface area contributed by atoms with Crippen LogP contribution in [0.3, 0.4) is 0 Å². The lowest BCUT2D eigenvalue weighted by atomic mass is 10.1. The second-order valence-corrected chi connectivity index (χ2v) is 5.67. The van der Waals surface area contributed by atoms with E-state index in [0.717, 1.165) is 0 Å². The molecule has 1 aromatic carbocycles. The highest BCUT2D eigenvalue weighted by Crippen LogP contribution is 2.25. The van der Waals surface area contributed by atoms with Gasteiger partial charge in [0.25, 0.3) is 11.8 Å². The molecule has 3 rings (SSSR count). The van der Waals surface area contributed by atoms with E-state index >= 15 is 0 Å². The van der Waals surface area contributed by atoms with E-state index in [-0.39, 0.29) is 29.0 Å². The number of H-pyrrole nitrogens is 1. The molecule has 0 aliphatic carbocycles. The number of ether oxygens (including phenoxy) is 1. The van der Waals surface area contributed by atoms with E-state index in [2.05, 4.69) is 4.98 Å². The Kier molecular flexibility index (Phi) is 4.33. The van der Waals surface area contributed by atoms with Crippen LogP contribution in [0.4, 0.5) is 0 Å². The first-order chi connectivity index (χ1) is 12.4. The smallest absolute Gasteiger partial charge is 0.366 e. The molecule has 1 aromatic heterocycles. The summed E-state index contributed by atoms with van der Waals surface area (Å²) in [7, 11) is 0. The number of amides is 2. The highest BCUT2D eigenvalue weighted by atomic mass is 16.7. The maximum Gasteiger partial charge on any atom is 0.366 e. The Morgan fingerprint density at radius 3 is 2.15 bits per heavy atom. The monoisotopic (exact) mass is 356 g/mol. The van der Waals surface area contributed by atoms with Gasteiger partial charge in [-0.1, -0.05) is 17.2 Å². The summed E-state index contributed by atoms with van der Waals surface area (Å²) in [4.78, 5) is 56.9. The van der Waals surface area contributed by atoms with Crippen molar-refractivity contribution in [2.75, 3.05) is 6.61 Å². The van der Waals surface area contributed by atoms with Crippen LogP contribution in [0.15, 0.2) is 24.3 Å². The summed E-state index contributed by atoms with van der Waals surface area (Å²) in [6.45, 7) is 4.98. The van der Waals surface area contributed by atoms with Gasteiger partial charge in [0, 0.05) is 5.69 Å². The van der Waals surface area contributed by atoms with Crippen molar-refractivity contribution >= 4 is 23.8 Å². The molecule has 2 amide bonds. The van der Waals surface area contributed by atoms with Crippen LogP contribution in [0, 0.1) is 13.8 Å². The number of rotatable bonds is 4. The lowest BCUT2D eigenvalue weighted by Crippen LogP contribution is -2.33. The first-order valence-electron chi connectivity index (χ1n) is 7.93. The van der Waals surface area contributed by atoms with Crippen molar-refractivity contribution in [1.29, 1.82) is 0 Å². The number of hydrogen-bond acceptors (Lipinski definition) is 6. The quantitative estimate of drug-likeness (QED) is 0.665. The Labute approximate surface area is 148 Å². The molecule has 26 heavy (non-hydrogen) atoms. The van der Waals surface area contributed by atoms with Gasteiger partial charge in [-0.05, 0) is 38.5 Å². The molecule has 0 spiro atoms. The molecule has 8 nitrogen and oxygen atoms in total. The van der Waals surface area contributed by atoms with Gasteiger partial charge < -0.3 is 14.6 Å². The standard InChI is InChI=1S/C18H16N2O6/c1-4-25-18(24)14-9(2)13(10(3)19-14)17(23)26-20-15(21)11-7-5-6-8-12(11)16(20)22/h5-8,19H,4H2,1-3H3. The van der Waals surface area contributed by atoms with Gasteiger partial charge in [-0.25, -0.2) is 9.59 Å². The SMILES string of the molecule is CCOC(=O)c1[nH]c(C)c(C(=O)ON2C(=O)c3ccccc3C2=O)c1C. The molecule has 0 fully saturated rings. The Balaban J connectivity index is 1.87. The van der Waals surface area contributed by atoms with Crippen molar-refractivity contribution in [2.45, 2.75) is 20.8 Å². The molecule has 134 valence electrons. The van der Waals surface area contributed by atoms with E-state index in [1.54, 1.807) is 32.9 Å². The molecule has 2 aromatic rings. The molecular formula is C18H16N2O6. The number of esters is 1. The topological polar surface area (TPSA) is 106 Å². The number of imide groups is 1. The van der Waals surface area contributed by atoms with Gasteiger partial charge in [0.05, 0.1) is 23.3 Å². The van der Waals surface area contributed by atoms with Crippen molar-refractivity contribution in [2.24, 2.45) is 0 Å². The minimum absolute atomic E-state index is 0.0737. The highest BCUT2D eigenvalue weighted by Gasteiger charge is 2.39. The average molecular weight is 356 g/mol. The molecule has 1 aliphatic rings. The number of nitrogens with one attached hydrogen (secondary N) is 1. The third kappa shape index (κ3) is 2.65. The molecule has 1 N–H and O–H groups in total. The van der Waals surface area contributed by atoms with Crippen LogP contribution in [0.2, 0.25) is 0 Å². The second kappa shape index (κ2) is 6.47. The normalized spacial score (nSPS) is 13.0. The zero-order valence-corrected chi connectivity index (χ0v) is 14.4.